The van der Waals surface area contributed by atoms with E-state index in [0.29, 0.717) is 19.4 Å². The molecular formula is C13H21N3O3. The molecule has 106 valence electrons. The summed E-state index contributed by atoms with van der Waals surface area (Å²) >= 11 is 0. The standard InChI is InChI=1S/C13H21N3O3/c1-9-11(10(2)16-15-9)8-12(17)14-7-5-3-4-6-13(18)19/h3-8H2,1-2H3,(H,14,17)(H,15,16)(H,18,19). The van der Waals surface area contributed by atoms with Gasteiger partial charge in [-0.2, -0.15) is 5.10 Å². The van der Waals surface area contributed by atoms with E-state index in [2.05, 4.69) is 15.5 Å². The summed E-state index contributed by atoms with van der Waals surface area (Å²) in [5, 5.41) is 18.2. The van der Waals surface area contributed by atoms with Crippen LogP contribution in [0.5, 0.6) is 0 Å². The number of carbonyl (C=O) groups excluding carboxylic acids is 1. The van der Waals surface area contributed by atoms with E-state index < -0.39 is 5.97 Å². The second-order valence-electron chi connectivity index (χ2n) is 4.64. The van der Waals surface area contributed by atoms with Crippen LogP contribution in [0.15, 0.2) is 0 Å². The number of hydrogen-bond acceptors (Lipinski definition) is 3. The Hall–Kier alpha value is -1.85. The van der Waals surface area contributed by atoms with E-state index in [1.807, 2.05) is 13.8 Å². The number of hydrogen-bond donors (Lipinski definition) is 3. The highest BCUT2D eigenvalue weighted by Crippen LogP contribution is 2.09. The summed E-state index contributed by atoms with van der Waals surface area (Å²) in [4.78, 5) is 22.0. The van der Waals surface area contributed by atoms with Crippen LogP contribution in [0.3, 0.4) is 0 Å². The van der Waals surface area contributed by atoms with Crippen molar-refractivity contribution >= 4 is 11.9 Å². The summed E-state index contributed by atoms with van der Waals surface area (Å²) in [6.45, 7) is 4.36. The van der Waals surface area contributed by atoms with Crippen LogP contribution in [0, 0.1) is 13.8 Å². The Morgan fingerprint density at radius 3 is 2.58 bits per heavy atom. The Kier molecular flexibility index (Phi) is 6.05. The van der Waals surface area contributed by atoms with Gasteiger partial charge in [0.25, 0.3) is 0 Å². The fraction of sp³-hybridized carbons (Fsp3) is 0.615. The van der Waals surface area contributed by atoms with Crippen molar-refractivity contribution in [2.24, 2.45) is 0 Å². The molecule has 1 amide bonds. The molecule has 0 aromatic carbocycles. The fourth-order valence-electron chi connectivity index (χ4n) is 1.86. The predicted octanol–water partition coefficient (Wildman–Crippen LogP) is 1.33. The Balaban J connectivity index is 2.17. The Morgan fingerprint density at radius 1 is 1.26 bits per heavy atom. The number of carbonyl (C=O) groups is 2. The lowest BCUT2D eigenvalue weighted by atomic mass is 10.1. The predicted molar refractivity (Wildman–Crippen MR) is 70.9 cm³/mol. The molecule has 0 atom stereocenters. The number of unbranched alkanes of at least 4 members (excludes halogenated alkanes) is 2. The third kappa shape index (κ3) is 5.54. The first-order valence-corrected chi connectivity index (χ1v) is 6.49. The molecule has 0 aliphatic carbocycles. The van der Waals surface area contributed by atoms with E-state index >= 15 is 0 Å². The van der Waals surface area contributed by atoms with Gasteiger partial charge in [0.05, 0.1) is 12.1 Å². The topological polar surface area (TPSA) is 95.1 Å². The minimum atomic E-state index is -0.769. The number of aryl methyl sites for hydroxylation is 2. The quantitative estimate of drug-likeness (QED) is 0.619. The number of rotatable bonds is 8. The Morgan fingerprint density at radius 2 is 2.00 bits per heavy atom. The zero-order valence-corrected chi connectivity index (χ0v) is 11.5. The summed E-state index contributed by atoms with van der Waals surface area (Å²) in [6.07, 6.45) is 2.81. The van der Waals surface area contributed by atoms with Crippen LogP contribution < -0.4 is 5.32 Å². The van der Waals surface area contributed by atoms with Crippen molar-refractivity contribution in [1.82, 2.24) is 15.5 Å². The second-order valence-corrected chi connectivity index (χ2v) is 4.64. The van der Waals surface area contributed by atoms with E-state index in [1.54, 1.807) is 0 Å². The number of amides is 1. The summed E-state index contributed by atoms with van der Waals surface area (Å²) in [6, 6.07) is 0. The maximum atomic E-state index is 11.7. The lowest BCUT2D eigenvalue weighted by molar-refractivity contribution is -0.137. The smallest absolute Gasteiger partial charge is 0.303 e. The molecule has 0 spiro atoms. The number of aliphatic carboxylic acids is 1. The molecule has 0 unspecified atom stereocenters. The van der Waals surface area contributed by atoms with Crippen molar-refractivity contribution in [2.45, 2.75) is 46.0 Å². The van der Waals surface area contributed by atoms with E-state index in [-0.39, 0.29) is 12.3 Å². The molecule has 0 saturated carbocycles. The number of nitrogens with zero attached hydrogens (tertiary/aromatic N) is 1. The number of carboxylic acids is 1. The fourth-order valence-corrected chi connectivity index (χ4v) is 1.86. The van der Waals surface area contributed by atoms with Crippen molar-refractivity contribution in [1.29, 1.82) is 0 Å². The molecule has 1 aromatic heterocycles. The first-order valence-electron chi connectivity index (χ1n) is 6.49. The van der Waals surface area contributed by atoms with Crippen LogP contribution >= 0.6 is 0 Å². The van der Waals surface area contributed by atoms with Crippen LogP contribution in [0.25, 0.3) is 0 Å². The van der Waals surface area contributed by atoms with Gasteiger partial charge in [-0.3, -0.25) is 14.7 Å². The van der Waals surface area contributed by atoms with Gasteiger partial charge in [-0.05, 0) is 26.7 Å². The highest BCUT2D eigenvalue weighted by Gasteiger charge is 2.10. The molecular weight excluding hydrogens is 246 g/mol. The van der Waals surface area contributed by atoms with Crippen molar-refractivity contribution in [3.63, 3.8) is 0 Å². The molecule has 6 heteroatoms. The van der Waals surface area contributed by atoms with Crippen LogP contribution in [0.4, 0.5) is 0 Å². The zero-order chi connectivity index (χ0) is 14.3. The molecule has 19 heavy (non-hydrogen) atoms. The maximum absolute atomic E-state index is 11.7. The highest BCUT2D eigenvalue weighted by atomic mass is 16.4. The zero-order valence-electron chi connectivity index (χ0n) is 11.5. The van der Waals surface area contributed by atoms with E-state index in [9.17, 15) is 9.59 Å². The summed E-state index contributed by atoms with van der Waals surface area (Å²) < 4.78 is 0. The Labute approximate surface area is 112 Å². The first-order chi connectivity index (χ1) is 9.00. The molecule has 1 heterocycles. The van der Waals surface area contributed by atoms with Gasteiger partial charge in [-0.15, -0.1) is 0 Å². The number of aromatic amines is 1. The van der Waals surface area contributed by atoms with Gasteiger partial charge < -0.3 is 10.4 Å². The van der Waals surface area contributed by atoms with E-state index in [1.165, 1.54) is 0 Å². The largest absolute Gasteiger partial charge is 0.481 e. The van der Waals surface area contributed by atoms with Gasteiger partial charge in [0.2, 0.25) is 5.91 Å². The van der Waals surface area contributed by atoms with Gasteiger partial charge in [0, 0.05) is 24.2 Å². The molecule has 0 radical (unpaired) electrons. The highest BCUT2D eigenvalue weighted by molar-refractivity contribution is 5.79. The molecule has 3 N–H and O–H groups in total. The average molecular weight is 267 g/mol. The van der Waals surface area contributed by atoms with Crippen molar-refractivity contribution < 1.29 is 14.7 Å². The molecule has 0 aliphatic rings. The first kappa shape index (κ1) is 15.2. The minimum absolute atomic E-state index is 0.0224. The average Bonchev–Trinajstić information content (AvgIpc) is 2.65. The van der Waals surface area contributed by atoms with E-state index in [0.717, 1.165) is 29.8 Å². The minimum Gasteiger partial charge on any atom is -0.481 e. The third-order valence-electron chi connectivity index (χ3n) is 3.01. The van der Waals surface area contributed by atoms with Crippen molar-refractivity contribution in [3.8, 4) is 0 Å². The summed E-state index contributed by atoms with van der Waals surface area (Å²) in [5.74, 6) is -0.791. The number of carboxylic acid groups (broad SMARTS) is 1. The second kappa shape index (κ2) is 7.56. The monoisotopic (exact) mass is 267 g/mol. The van der Waals surface area contributed by atoms with Gasteiger partial charge >= 0.3 is 5.97 Å². The molecule has 0 bridgehead atoms. The number of nitrogens with one attached hydrogen (secondary N) is 2. The van der Waals surface area contributed by atoms with Crippen LogP contribution in [0.1, 0.15) is 42.6 Å². The lowest BCUT2D eigenvalue weighted by Gasteiger charge is -2.05. The molecule has 0 saturated heterocycles. The maximum Gasteiger partial charge on any atom is 0.303 e. The van der Waals surface area contributed by atoms with E-state index in [4.69, 9.17) is 5.11 Å². The summed E-state index contributed by atoms with van der Waals surface area (Å²) in [5.41, 5.74) is 2.73. The number of aromatic nitrogens is 2. The molecule has 6 nitrogen and oxygen atoms in total. The SMILES string of the molecule is Cc1n[nH]c(C)c1CC(=O)NCCCCCC(=O)O. The Bertz CT molecular complexity index is 421. The van der Waals surface area contributed by atoms with Gasteiger partial charge in [0.1, 0.15) is 0 Å². The molecule has 0 fully saturated rings. The summed E-state index contributed by atoms with van der Waals surface area (Å²) in [7, 11) is 0. The van der Waals surface area contributed by atoms with Crippen molar-refractivity contribution in [3.05, 3.63) is 17.0 Å². The van der Waals surface area contributed by atoms with Gasteiger partial charge in [0.15, 0.2) is 0 Å². The normalized spacial score (nSPS) is 10.4. The molecule has 1 aromatic rings. The number of H-pyrrole nitrogens is 1. The van der Waals surface area contributed by atoms with Gasteiger partial charge in [-0.25, -0.2) is 0 Å². The molecule has 1 rings (SSSR count). The van der Waals surface area contributed by atoms with Crippen LogP contribution in [-0.2, 0) is 16.0 Å². The van der Waals surface area contributed by atoms with Crippen LogP contribution in [0.2, 0.25) is 0 Å². The van der Waals surface area contributed by atoms with Crippen LogP contribution in [-0.4, -0.2) is 33.7 Å². The molecule has 0 aliphatic heterocycles. The lowest BCUT2D eigenvalue weighted by Crippen LogP contribution is -2.26. The van der Waals surface area contributed by atoms with Crippen molar-refractivity contribution in [2.75, 3.05) is 6.54 Å². The van der Waals surface area contributed by atoms with Gasteiger partial charge in [-0.1, -0.05) is 6.42 Å². The third-order valence-corrected chi connectivity index (χ3v) is 3.01.